The zero-order valence-corrected chi connectivity index (χ0v) is 24.4. The Morgan fingerprint density at radius 1 is 1.23 bits per heavy atom. The molecule has 15 heteroatoms. The Labute approximate surface area is 249 Å². The summed E-state index contributed by atoms with van der Waals surface area (Å²) in [4.78, 5) is 36.2. The molecule has 2 atom stereocenters. The van der Waals surface area contributed by atoms with Crippen LogP contribution in [0.4, 0.5) is 40.7 Å². The van der Waals surface area contributed by atoms with E-state index in [1.807, 2.05) is 0 Å². The van der Waals surface area contributed by atoms with E-state index in [1.165, 1.54) is 31.8 Å². The molecule has 1 saturated carbocycles. The Kier molecular flexibility index (Phi) is 7.09. The van der Waals surface area contributed by atoms with Crippen LogP contribution in [0.3, 0.4) is 0 Å². The summed E-state index contributed by atoms with van der Waals surface area (Å²) in [6, 6.07) is 2.48. The molecule has 2 aromatic heterocycles. The van der Waals surface area contributed by atoms with Crippen LogP contribution in [0.1, 0.15) is 26.2 Å². The number of hydrogen-bond acceptors (Lipinski definition) is 8. The first kappa shape index (κ1) is 29.3. The molecule has 1 saturated heterocycles. The van der Waals surface area contributed by atoms with Gasteiger partial charge in [-0.25, -0.2) is 22.5 Å². The van der Waals surface area contributed by atoms with Crippen molar-refractivity contribution in [2.45, 2.75) is 50.1 Å². The van der Waals surface area contributed by atoms with E-state index in [0.717, 1.165) is 4.90 Å². The second-order valence-corrected chi connectivity index (χ2v) is 11.8. The van der Waals surface area contributed by atoms with Gasteiger partial charge in [0.1, 0.15) is 11.1 Å². The highest BCUT2D eigenvalue weighted by Crippen LogP contribution is 2.45. The van der Waals surface area contributed by atoms with Crippen LogP contribution in [0, 0.1) is 5.92 Å². The number of amides is 1. The van der Waals surface area contributed by atoms with Gasteiger partial charge in [0.25, 0.3) is 11.5 Å². The molecule has 43 heavy (non-hydrogen) atoms. The third kappa shape index (κ3) is 5.30. The summed E-state index contributed by atoms with van der Waals surface area (Å²) in [6.07, 6.45) is 2.17. The van der Waals surface area contributed by atoms with Gasteiger partial charge >= 0.3 is 5.92 Å². The molecule has 2 fully saturated rings. The summed E-state index contributed by atoms with van der Waals surface area (Å²) in [5.41, 5.74) is 0.627. The molecule has 0 bridgehead atoms. The highest BCUT2D eigenvalue weighted by atomic mass is 35.5. The first-order chi connectivity index (χ1) is 20.3. The standard InChI is InChI=1S/C28H30ClF4N7O3/c1-14(41)38(2)20-12-40(9-8-27(20,30)31)26-34-11-18(29)24(37-26)35-16-6-7-19-17(10-16)21-22(25(42)39(19)3)43-13-28(32,33)23(36-21)15-4-5-15/h6-7,10-11,15,20,23,36H,4-5,8-9,12-13H2,1-3H3,(H,34,35,37). The van der Waals surface area contributed by atoms with Crippen molar-refractivity contribution in [3.8, 4) is 5.75 Å². The van der Waals surface area contributed by atoms with E-state index >= 15 is 0 Å². The number of nitrogens with zero attached hydrogens (tertiary/aromatic N) is 5. The average molecular weight is 624 g/mol. The number of carbonyl (C=O) groups is 1. The number of ether oxygens (including phenoxy) is 1. The fraction of sp³-hybridized carbons (Fsp3) is 0.500. The van der Waals surface area contributed by atoms with Crippen LogP contribution in [-0.4, -0.2) is 76.0 Å². The number of likely N-dealkylation sites (N-methyl/N-ethyl adjacent to an activating group) is 1. The summed E-state index contributed by atoms with van der Waals surface area (Å²) in [7, 11) is 2.87. The number of aromatic nitrogens is 3. The lowest BCUT2D eigenvalue weighted by molar-refractivity contribution is -0.142. The van der Waals surface area contributed by atoms with Crippen LogP contribution in [-0.2, 0) is 11.8 Å². The van der Waals surface area contributed by atoms with E-state index in [-0.39, 0.29) is 47.2 Å². The van der Waals surface area contributed by atoms with E-state index in [2.05, 4.69) is 20.6 Å². The largest absolute Gasteiger partial charge is 0.480 e. The van der Waals surface area contributed by atoms with Crippen molar-refractivity contribution in [1.29, 1.82) is 0 Å². The molecule has 1 aliphatic carbocycles. The van der Waals surface area contributed by atoms with Gasteiger partial charge in [0.05, 0.1) is 23.4 Å². The third-order valence-corrected chi connectivity index (χ3v) is 8.72. The first-order valence-corrected chi connectivity index (χ1v) is 14.2. The molecule has 2 unspecified atom stereocenters. The van der Waals surface area contributed by atoms with Crippen LogP contribution < -0.4 is 25.8 Å². The molecule has 10 nitrogen and oxygen atoms in total. The number of fused-ring (bicyclic) bond motifs is 3. The minimum atomic E-state index is -3.17. The lowest BCUT2D eigenvalue weighted by Gasteiger charge is -2.42. The van der Waals surface area contributed by atoms with E-state index < -0.39 is 48.4 Å². The maximum absolute atomic E-state index is 15.0. The van der Waals surface area contributed by atoms with Crippen molar-refractivity contribution in [2.24, 2.45) is 13.0 Å². The zero-order valence-electron chi connectivity index (χ0n) is 23.6. The zero-order chi connectivity index (χ0) is 30.8. The summed E-state index contributed by atoms with van der Waals surface area (Å²) >= 11 is 6.40. The Morgan fingerprint density at radius 2 is 1.98 bits per heavy atom. The number of rotatable bonds is 5. The molecule has 230 valence electrons. The average Bonchev–Trinajstić information content (AvgIpc) is 3.80. The van der Waals surface area contributed by atoms with Gasteiger partial charge in [-0.2, -0.15) is 4.98 Å². The molecule has 2 N–H and O–H groups in total. The number of anilines is 4. The molecule has 3 aliphatic rings. The summed E-state index contributed by atoms with van der Waals surface area (Å²) in [6.45, 7) is 0.108. The maximum Gasteiger partial charge on any atom is 0.301 e. The highest BCUT2D eigenvalue weighted by Gasteiger charge is 2.51. The van der Waals surface area contributed by atoms with Gasteiger partial charge in [-0.1, -0.05) is 11.6 Å². The lowest BCUT2D eigenvalue weighted by Crippen LogP contribution is -2.59. The number of alkyl halides is 4. The second-order valence-electron chi connectivity index (χ2n) is 11.4. The number of nitrogens with one attached hydrogen (secondary N) is 2. The van der Waals surface area contributed by atoms with Gasteiger partial charge in [-0.15, -0.1) is 0 Å². The number of piperidine rings is 1. The van der Waals surface area contributed by atoms with Crippen molar-refractivity contribution < 1.29 is 27.1 Å². The first-order valence-electron chi connectivity index (χ1n) is 13.9. The van der Waals surface area contributed by atoms with Crippen LogP contribution in [0.15, 0.2) is 29.2 Å². The minimum absolute atomic E-state index is 0.0368. The minimum Gasteiger partial charge on any atom is -0.480 e. The molecular formula is C28H30ClF4N7O3. The van der Waals surface area contributed by atoms with E-state index in [9.17, 15) is 27.2 Å². The fourth-order valence-electron chi connectivity index (χ4n) is 5.71. The Balaban J connectivity index is 1.34. The molecule has 0 spiro atoms. The molecular weight excluding hydrogens is 594 g/mol. The van der Waals surface area contributed by atoms with Gasteiger partial charge in [0, 0.05) is 51.6 Å². The van der Waals surface area contributed by atoms with Gasteiger partial charge in [-0.05, 0) is 37.0 Å². The van der Waals surface area contributed by atoms with E-state index in [0.29, 0.717) is 29.4 Å². The predicted molar refractivity (Wildman–Crippen MR) is 154 cm³/mol. The fourth-order valence-corrected chi connectivity index (χ4v) is 5.85. The number of benzene rings is 1. The Morgan fingerprint density at radius 3 is 2.67 bits per heavy atom. The monoisotopic (exact) mass is 623 g/mol. The summed E-state index contributed by atoms with van der Waals surface area (Å²) in [5, 5.41) is 6.67. The number of halogens is 5. The van der Waals surface area contributed by atoms with Crippen molar-refractivity contribution in [2.75, 3.05) is 42.3 Å². The van der Waals surface area contributed by atoms with Crippen molar-refractivity contribution in [3.05, 3.63) is 39.8 Å². The Bertz CT molecular complexity index is 1670. The number of hydrogen-bond donors (Lipinski definition) is 2. The quantitative estimate of drug-likeness (QED) is 0.397. The second kappa shape index (κ2) is 10.4. The summed E-state index contributed by atoms with van der Waals surface area (Å²) < 4.78 is 66.0. The van der Waals surface area contributed by atoms with Crippen molar-refractivity contribution in [1.82, 2.24) is 19.4 Å². The van der Waals surface area contributed by atoms with Crippen molar-refractivity contribution in [3.63, 3.8) is 0 Å². The van der Waals surface area contributed by atoms with Crippen LogP contribution in [0.25, 0.3) is 10.9 Å². The lowest BCUT2D eigenvalue weighted by atomic mass is 10.00. The van der Waals surface area contributed by atoms with E-state index in [4.69, 9.17) is 16.3 Å². The highest BCUT2D eigenvalue weighted by molar-refractivity contribution is 6.33. The van der Waals surface area contributed by atoms with Crippen molar-refractivity contribution >= 4 is 51.6 Å². The summed E-state index contributed by atoms with van der Waals surface area (Å²) in [5.74, 6) is -6.81. The van der Waals surface area contributed by atoms with E-state index in [1.54, 1.807) is 23.1 Å². The SMILES string of the molecule is CC(=O)N(C)C1CN(c2ncc(Cl)c(Nc3ccc4c(c3)c3c(c(=O)n4C)OCC(F)(F)C(C4CC4)N3)n2)CCC1(F)F. The molecule has 3 aromatic rings. The molecule has 0 radical (unpaired) electrons. The third-order valence-electron chi connectivity index (χ3n) is 8.45. The van der Waals surface area contributed by atoms with Gasteiger partial charge in [0.2, 0.25) is 17.6 Å². The van der Waals surface area contributed by atoms with Gasteiger partial charge in [-0.3, -0.25) is 9.59 Å². The Hall–Kier alpha value is -3.81. The smallest absolute Gasteiger partial charge is 0.301 e. The normalized spacial score (nSPS) is 22.7. The maximum atomic E-state index is 15.0. The van der Waals surface area contributed by atoms with Gasteiger partial charge in [0.15, 0.2) is 12.4 Å². The molecule has 2 aliphatic heterocycles. The van der Waals surface area contributed by atoms with Crippen LogP contribution in [0.5, 0.6) is 5.75 Å². The molecule has 4 heterocycles. The number of carbonyl (C=O) groups excluding carboxylic acids is 1. The van der Waals surface area contributed by atoms with Gasteiger partial charge < -0.3 is 29.7 Å². The number of pyridine rings is 1. The molecule has 1 amide bonds. The van der Waals surface area contributed by atoms with Crippen LogP contribution >= 0.6 is 11.6 Å². The number of aryl methyl sites for hydroxylation is 1. The topological polar surface area (TPSA) is 105 Å². The van der Waals surface area contributed by atoms with Crippen LogP contribution in [0.2, 0.25) is 5.02 Å². The predicted octanol–water partition coefficient (Wildman–Crippen LogP) is 4.64. The molecule has 1 aromatic carbocycles. The molecule has 6 rings (SSSR count).